The molecular weight excluding hydrogens is 416 g/mol. The predicted octanol–water partition coefficient (Wildman–Crippen LogP) is 3.61. The summed E-state index contributed by atoms with van der Waals surface area (Å²) in [6, 6.07) is 0. The molecule has 2 N–H and O–H groups in total. The number of carboxylic acid groups (broad SMARTS) is 1. The second-order valence-corrected chi connectivity index (χ2v) is 7.04. The molecule has 7 heteroatoms. The summed E-state index contributed by atoms with van der Waals surface area (Å²) in [6.45, 7) is 0. The van der Waals surface area contributed by atoms with Gasteiger partial charge in [-0.05, 0) is 47.7 Å². The molecule has 0 saturated heterocycles. The maximum Gasteiger partial charge on any atom is 0.305 e. The van der Waals surface area contributed by atoms with Crippen LogP contribution in [0, 0.1) is 0 Å². The van der Waals surface area contributed by atoms with Crippen molar-refractivity contribution in [2.75, 3.05) is 7.11 Å². The highest BCUT2D eigenvalue weighted by Gasteiger charge is 2.39. The van der Waals surface area contributed by atoms with Crippen molar-refractivity contribution < 1.29 is 29.3 Å². The van der Waals surface area contributed by atoms with Crippen molar-refractivity contribution in [1.82, 2.24) is 0 Å². The van der Waals surface area contributed by atoms with Crippen molar-refractivity contribution >= 4 is 33.7 Å². The molecular formula is C20H25BrO6. The van der Waals surface area contributed by atoms with Gasteiger partial charge in [0.15, 0.2) is 5.78 Å². The number of carbonyl (C=O) groups excluding carboxylic acids is 2. The Morgan fingerprint density at radius 2 is 1.85 bits per heavy atom. The van der Waals surface area contributed by atoms with E-state index in [2.05, 4.69) is 20.7 Å². The zero-order valence-corrected chi connectivity index (χ0v) is 16.9. The number of methoxy groups -OCH3 is 1. The van der Waals surface area contributed by atoms with E-state index in [-0.39, 0.29) is 30.2 Å². The predicted molar refractivity (Wildman–Crippen MR) is 105 cm³/mol. The molecule has 1 atom stereocenters. The molecule has 0 radical (unpaired) electrons. The highest BCUT2D eigenvalue weighted by atomic mass is 79.9. The molecule has 1 rings (SSSR count). The van der Waals surface area contributed by atoms with Crippen molar-refractivity contribution in [2.45, 2.75) is 50.5 Å². The molecule has 27 heavy (non-hydrogen) atoms. The van der Waals surface area contributed by atoms with Gasteiger partial charge in [0.1, 0.15) is 5.60 Å². The molecule has 0 amide bonds. The molecule has 6 nitrogen and oxygen atoms in total. The molecule has 0 aromatic rings. The fraction of sp³-hybridized carbons (Fsp3) is 0.450. The minimum absolute atomic E-state index is 0.102. The highest BCUT2D eigenvalue weighted by molar-refractivity contribution is 9.12. The van der Waals surface area contributed by atoms with Crippen LogP contribution in [0.5, 0.6) is 0 Å². The molecule has 0 saturated carbocycles. The topological polar surface area (TPSA) is 101 Å². The third-order valence-electron chi connectivity index (χ3n) is 4.03. The molecule has 0 fully saturated rings. The van der Waals surface area contributed by atoms with Crippen molar-refractivity contribution in [1.29, 1.82) is 0 Å². The molecule has 0 heterocycles. The van der Waals surface area contributed by atoms with Crippen LogP contribution in [0.2, 0.25) is 0 Å². The summed E-state index contributed by atoms with van der Waals surface area (Å²) in [7, 11) is 1.35. The number of halogens is 1. The minimum atomic E-state index is -1.39. The summed E-state index contributed by atoms with van der Waals surface area (Å²) in [5.41, 5.74) is -1.12. The first-order chi connectivity index (χ1) is 12.8. The van der Waals surface area contributed by atoms with Crippen LogP contribution in [0.15, 0.2) is 46.5 Å². The van der Waals surface area contributed by atoms with Crippen LogP contribution in [0.25, 0.3) is 0 Å². The third kappa shape index (κ3) is 8.05. The summed E-state index contributed by atoms with van der Waals surface area (Å²) in [5, 5.41) is 19.4. The monoisotopic (exact) mass is 440 g/mol. The van der Waals surface area contributed by atoms with E-state index in [9.17, 15) is 19.5 Å². The largest absolute Gasteiger partial charge is 0.481 e. The molecule has 148 valence electrons. The fourth-order valence-electron chi connectivity index (χ4n) is 2.55. The number of carbonyl (C=O) groups is 3. The number of ether oxygens (including phenoxy) is 1. The van der Waals surface area contributed by atoms with Gasteiger partial charge in [0.25, 0.3) is 0 Å². The standard InChI is InChI=1S/C20H25BrO6/c1-27-18(24)12-8-3-2-6-10-15-19(25)16(21)14-20(15,26)13-9-5-4-7-11-17(22)23/h2,5-6,9-10,14,26H,3-4,7-8,11-13H2,1H3,(H,22,23)/b6-2+,9-5-,15-10+/t20-/m1/s1. The van der Waals surface area contributed by atoms with E-state index in [1.54, 1.807) is 18.2 Å². The van der Waals surface area contributed by atoms with E-state index in [0.29, 0.717) is 36.6 Å². The Bertz CT molecular complexity index is 674. The Labute approximate surface area is 167 Å². The Morgan fingerprint density at radius 1 is 1.19 bits per heavy atom. The number of unbranched alkanes of at least 4 members (excludes halogenated alkanes) is 2. The van der Waals surface area contributed by atoms with Crippen molar-refractivity contribution in [2.24, 2.45) is 0 Å². The summed E-state index contributed by atoms with van der Waals surface area (Å²) in [5.74, 6) is -1.36. The van der Waals surface area contributed by atoms with Crippen molar-refractivity contribution in [3.05, 3.63) is 46.5 Å². The molecule has 0 spiro atoms. The number of aliphatic hydroxyl groups is 1. The highest BCUT2D eigenvalue weighted by Crippen LogP contribution is 2.36. The average Bonchev–Trinajstić information content (AvgIpc) is 2.83. The Balaban J connectivity index is 2.62. The van der Waals surface area contributed by atoms with Gasteiger partial charge in [0.05, 0.1) is 11.6 Å². The number of allylic oxidation sites excluding steroid dienone is 5. The smallest absolute Gasteiger partial charge is 0.305 e. The number of rotatable bonds is 11. The van der Waals surface area contributed by atoms with Gasteiger partial charge in [-0.25, -0.2) is 0 Å². The lowest BCUT2D eigenvalue weighted by Gasteiger charge is -2.20. The molecule has 1 aliphatic carbocycles. The lowest BCUT2D eigenvalue weighted by atomic mass is 9.92. The summed E-state index contributed by atoms with van der Waals surface area (Å²) in [6.07, 6.45) is 13.3. The lowest BCUT2D eigenvalue weighted by Crippen LogP contribution is -2.27. The third-order valence-corrected chi connectivity index (χ3v) is 4.62. The molecule has 1 aliphatic rings. The van der Waals surface area contributed by atoms with Crippen LogP contribution in [-0.2, 0) is 19.1 Å². The Kier molecular flexibility index (Phi) is 9.96. The first-order valence-electron chi connectivity index (χ1n) is 8.76. The fourth-order valence-corrected chi connectivity index (χ4v) is 3.14. The van der Waals surface area contributed by atoms with E-state index < -0.39 is 11.6 Å². The van der Waals surface area contributed by atoms with Gasteiger partial charge in [-0.2, -0.15) is 0 Å². The lowest BCUT2D eigenvalue weighted by molar-refractivity contribution is -0.140. The zero-order chi connectivity index (χ0) is 20.3. The van der Waals surface area contributed by atoms with Crippen molar-refractivity contribution in [3.8, 4) is 0 Å². The van der Waals surface area contributed by atoms with Crippen LogP contribution in [0.3, 0.4) is 0 Å². The van der Waals surface area contributed by atoms with E-state index in [1.807, 2.05) is 12.2 Å². The maximum absolute atomic E-state index is 12.3. The first-order valence-corrected chi connectivity index (χ1v) is 9.56. The number of aliphatic carboxylic acids is 1. The van der Waals surface area contributed by atoms with Crippen LogP contribution >= 0.6 is 15.9 Å². The Morgan fingerprint density at radius 3 is 2.52 bits per heavy atom. The number of ketones is 1. The van der Waals surface area contributed by atoms with Gasteiger partial charge >= 0.3 is 11.9 Å². The number of hydrogen-bond acceptors (Lipinski definition) is 5. The molecule has 0 aromatic carbocycles. The van der Waals surface area contributed by atoms with Gasteiger partial charge in [0, 0.05) is 24.8 Å². The van der Waals surface area contributed by atoms with Crippen LogP contribution in [0.4, 0.5) is 0 Å². The molecule has 0 aliphatic heterocycles. The zero-order valence-electron chi connectivity index (χ0n) is 15.3. The first kappa shape index (κ1) is 23.0. The van der Waals surface area contributed by atoms with Crippen LogP contribution < -0.4 is 0 Å². The molecule has 0 aromatic heterocycles. The van der Waals surface area contributed by atoms with E-state index in [0.717, 1.165) is 0 Å². The SMILES string of the molecule is COC(=O)CCC/C=C/C=C1\C(=O)C(Br)=C[C@]1(O)C/C=C\CCCC(=O)O. The van der Waals surface area contributed by atoms with Crippen molar-refractivity contribution in [3.63, 3.8) is 0 Å². The van der Waals surface area contributed by atoms with Gasteiger partial charge < -0.3 is 14.9 Å². The summed E-state index contributed by atoms with van der Waals surface area (Å²) in [4.78, 5) is 33.8. The van der Waals surface area contributed by atoms with E-state index in [1.165, 1.54) is 13.2 Å². The van der Waals surface area contributed by atoms with Gasteiger partial charge in [-0.15, -0.1) is 0 Å². The number of Topliss-reactive ketones (excluding diaryl/α,β-unsaturated/α-hetero) is 1. The second-order valence-electron chi connectivity index (χ2n) is 6.18. The number of esters is 1. The Hall–Kier alpha value is -1.99. The van der Waals surface area contributed by atoms with Gasteiger partial charge in [-0.1, -0.05) is 30.4 Å². The number of carboxylic acids is 1. The summed E-state index contributed by atoms with van der Waals surface area (Å²) < 4.78 is 4.88. The molecule has 0 unspecified atom stereocenters. The normalized spacial score (nSPS) is 21.4. The number of hydrogen-bond donors (Lipinski definition) is 2. The quantitative estimate of drug-likeness (QED) is 0.220. The van der Waals surface area contributed by atoms with Crippen LogP contribution in [-0.4, -0.2) is 40.6 Å². The van der Waals surface area contributed by atoms with Gasteiger partial charge in [0.2, 0.25) is 0 Å². The van der Waals surface area contributed by atoms with Crippen LogP contribution in [0.1, 0.15) is 44.9 Å². The second kappa shape index (κ2) is 11.7. The molecule has 0 bridgehead atoms. The average molecular weight is 441 g/mol. The van der Waals surface area contributed by atoms with E-state index >= 15 is 0 Å². The summed E-state index contributed by atoms with van der Waals surface area (Å²) >= 11 is 3.17. The maximum atomic E-state index is 12.3. The van der Waals surface area contributed by atoms with Gasteiger partial charge in [-0.3, -0.25) is 14.4 Å². The minimum Gasteiger partial charge on any atom is -0.481 e. The van der Waals surface area contributed by atoms with E-state index in [4.69, 9.17) is 5.11 Å².